The zero-order valence-electron chi connectivity index (χ0n) is 31.5. The molecule has 2 aromatic heterocycles. The molecule has 0 radical (unpaired) electrons. The fourth-order valence-corrected chi connectivity index (χ4v) is 9.29. The van der Waals surface area contributed by atoms with Crippen molar-refractivity contribution >= 4 is 23.0 Å². The van der Waals surface area contributed by atoms with E-state index in [9.17, 15) is 4.79 Å². The number of nitrogens with one attached hydrogen (secondary N) is 1. The lowest BCUT2D eigenvalue weighted by Crippen LogP contribution is -2.60. The van der Waals surface area contributed by atoms with E-state index in [1.54, 1.807) is 6.20 Å². The number of piperidine rings is 1. The van der Waals surface area contributed by atoms with Crippen molar-refractivity contribution in [2.75, 3.05) is 50.8 Å². The summed E-state index contributed by atoms with van der Waals surface area (Å²) in [5.74, 6) is 2.60. The summed E-state index contributed by atoms with van der Waals surface area (Å²) < 4.78 is 17.5. The van der Waals surface area contributed by atoms with E-state index >= 15 is 0 Å². The van der Waals surface area contributed by atoms with Gasteiger partial charge in [-0.05, 0) is 90.1 Å². The average molecular weight is 726 g/mol. The van der Waals surface area contributed by atoms with Crippen LogP contribution in [0.1, 0.15) is 78.5 Å². The molecule has 5 heterocycles. The van der Waals surface area contributed by atoms with Crippen molar-refractivity contribution in [1.29, 1.82) is 0 Å². The minimum atomic E-state index is 0.189. The quantitative estimate of drug-likeness (QED) is 0.136. The highest BCUT2D eigenvalue weighted by atomic mass is 16.6. The van der Waals surface area contributed by atoms with Gasteiger partial charge >= 0.3 is 0 Å². The number of pyridine rings is 1. The summed E-state index contributed by atoms with van der Waals surface area (Å²) in [6.45, 7) is 12.2. The largest absolute Gasteiger partial charge is 0.486 e. The van der Waals surface area contributed by atoms with Crippen LogP contribution >= 0.6 is 0 Å². The van der Waals surface area contributed by atoms with Gasteiger partial charge in [-0.2, -0.15) is 0 Å². The number of fused-ring (bicyclic) bond motifs is 1. The summed E-state index contributed by atoms with van der Waals surface area (Å²) in [7, 11) is 0. The Kier molecular flexibility index (Phi) is 9.63. The molecule has 1 aliphatic carbocycles. The van der Waals surface area contributed by atoms with Crippen molar-refractivity contribution in [2.24, 2.45) is 5.41 Å². The van der Waals surface area contributed by atoms with Crippen LogP contribution in [0.15, 0.2) is 91.3 Å². The number of aromatic nitrogens is 2. The van der Waals surface area contributed by atoms with Gasteiger partial charge in [-0.3, -0.25) is 14.6 Å². The van der Waals surface area contributed by atoms with E-state index in [-0.39, 0.29) is 6.10 Å². The normalized spacial score (nSPS) is 20.9. The fraction of sp³-hybridized carbons (Fsp3) is 0.422. The third-order valence-corrected chi connectivity index (χ3v) is 12.4. The molecule has 3 saturated heterocycles. The molecule has 5 aromatic rings. The summed E-state index contributed by atoms with van der Waals surface area (Å²) in [5, 5.41) is 0.973. The van der Waals surface area contributed by atoms with E-state index in [1.165, 1.54) is 42.4 Å². The zero-order chi connectivity index (χ0) is 36.6. The Labute approximate surface area is 318 Å². The molecule has 0 bridgehead atoms. The van der Waals surface area contributed by atoms with Crippen LogP contribution in [0.5, 0.6) is 17.2 Å². The minimum Gasteiger partial charge on any atom is -0.486 e. The number of rotatable bonds is 11. The maximum Gasteiger partial charge on any atom is 0.153 e. The van der Waals surface area contributed by atoms with Crippen LogP contribution in [0.2, 0.25) is 0 Å². The van der Waals surface area contributed by atoms with Gasteiger partial charge in [-0.15, -0.1) is 0 Å². The van der Waals surface area contributed by atoms with Crippen LogP contribution < -0.4 is 14.4 Å². The van der Waals surface area contributed by atoms with Crippen molar-refractivity contribution in [3.63, 3.8) is 0 Å². The number of hydrogen-bond donors (Lipinski definition) is 1. The van der Waals surface area contributed by atoms with Gasteiger partial charge in [0.1, 0.15) is 29.0 Å². The predicted molar refractivity (Wildman–Crippen MR) is 212 cm³/mol. The fourth-order valence-electron chi connectivity index (χ4n) is 9.29. The molecule has 1 spiro atoms. The van der Waals surface area contributed by atoms with Gasteiger partial charge < -0.3 is 24.1 Å². The van der Waals surface area contributed by atoms with E-state index < -0.39 is 0 Å². The minimum absolute atomic E-state index is 0.189. The molecule has 3 aromatic carbocycles. The van der Waals surface area contributed by atoms with Crippen molar-refractivity contribution in [3.8, 4) is 17.2 Å². The number of piperazine rings is 1. The second-order valence-electron chi connectivity index (χ2n) is 16.3. The van der Waals surface area contributed by atoms with Gasteiger partial charge in [0.25, 0.3) is 0 Å². The Morgan fingerprint density at radius 2 is 1.76 bits per heavy atom. The predicted octanol–water partition coefficient (Wildman–Crippen LogP) is 8.38. The van der Waals surface area contributed by atoms with Gasteiger partial charge in [0, 0.05) is 74.7 Å². The van der Waals surface area contributed by atoms with Crippen LogP contribution in [0, 0.1) is 5.41 Å². The number of aromatic amines is 1. The lowest BCUT2D eigenvalue weighted by molar-refractivity contribution is -0.0796. The summed E-state index contributed by atoms with van der Waals surface area (Å²) in [5.41, 5.74) is 7.17. The van der Waals surface area contributed by atoms with Crippen molar-refractivity contribution in [3.05, 3.63) is 114 Å². The summed E-state index contributed by atoms with van der Waals surface area (Å²) >= 11 is 0. The highest BCUT2D eigenvalue weighted by molar-refractivity contribution is 5.81. The summed E-state index contributed by atoms with van der Waals surface area (Å²) in [4.78, 5) is 27.5. The van der Waals surface area contributed by atoms with Crippen LogP contribution in [0.4, 0.5) is 5.69 Å². The third-order valence-electron chi connectivity index (χ3n) is 12.4. The van der Waals surface area contributed by atoms with E-state index in [0.717, 1.165) is 68.0 Å². The number of ether oxygens (including phenoxy) is 3. The maximum absolute atomic E-state index is 12.0. The van der Waals surface area contributed by atoms with E-state index in [4.69, 9.17) is 14.2 Å². The van der Waals surface area contributed by atoms with Crippen molar-refractivity contribution in [2.45, 2.75) is 70.2 Å². The molecule has 1 saturated carbocycles. The Bertz CT molecular complexity index is 2080. The molecular formula is C45H51N5O4. The maximum atomic E-state index is 12.0. The van der Waals surface area contributed by atoms with Crippen LogP contribution in [0.25, 0.3) is 11.0 Å². The highest BCUT2D eigenvalue weighted by Crippen LogP contribution is 2.53. The molecule has 0 amide bonds. The molecule has 1 N–H and O–H groups in total. The number of H-pyrrole nitrogens is 1. The first kappa shape index (κ1) is 35.0. The molecule has 9 rings (SSSR count). The molecule has 54 heavy (non-hydrogen) atoms. The Balaban J connectivity index is 0.855. The smallest absolute Gasteiger partial charge is 0.153 e. The molecule has 9 heteroatoms. The number of anilines is 1. The van der Waals surface area contributed by atoms with Crippen LogP contribution in [-0.2, 0) is 11.3 Å². The first-order chi connectivity index (χ1) is 26.4. The molecule has 4 fully saturated rings. The number of carbonyl (C=O) groups excluding carboxylic acids is 1. The van der Waals surface area contributed by atoms with Gasteiger partial charge in [0.05, 0.1) is 25.0 Å². The summed E-state index contributed by atoms with van der Waals surface area (Å²) in [6, 6.07) is 28.7. The SMILES string of the molecule is CC(C)c1ccccc1C1CN(Cc2ccc(OC3COC3)cc2)CCN1C1CC2(CCN(c3ccc(C=O)c(Oc4cnc5[nH]ccc5c4)c3)CC2)C1. The second kappa shape index (κ2) is 14.9. The highest BCUT2D eigenvalue weighted by Gasteiger charge is 2.50. The second-order valence-corrected chi connectivity index (χ2v) is 16.3. The Morgan fingerprint density at radius 3 is 2.52 bits per heavy atom. The molecule has 9 nitrogen and oxygen atoms in total. The lowest BCUT2D eigenvalue weighted by Gasteiger charge is -2.58. The number of carbonyl (C=O) groups is 1. The number of aldehydes is 1. The first-order valence-electron chi connectivity index (χ1n) is 19.8. The van der Waals surface area contributed by atoms with Gasteiger partial charge in [-0.1, -0.05) is 50.2 Å². The number of nitrogens with zero attached hydrogens (tertiary/aromatic N) is 4. The first-order valence-corrected chi connectivity index (χ1v) is 19.8. The monoisotopic (exact) mass is 725 g/mol. The number of benzene rings is 3. The molecule has 1 unspecified atom stereocenters. The molecule has 1 atom stereocenters. The molecule has 280 valence electrons. The van der Waals surface area contributed by atoms with Crippen LogP contribution in [0.3, 0.4) is 0 Å². The zero-order valence-corrected chi connectivity index (χ0v) is 31.5. The van der Waals surface area contributed by atoms with E-state index in [0.29, 0.717) is 53.7 Å². The van der Waals surface area contributed by atoms with E-state index in [1.807, 2.05) is 30.5 Å². The average Bonchev–Trinajstić information content (AvgIpc) is 3.64. The third kappa shape index (κ3) is 7.12. The van der Waals surface area contributed by atoms with Crippen LogP contribution in [-0.4, -0.2) is 84.1 Å². The molecule has 3 aliphatic heterocycles. The topological polar surface area (TPSA) is 83.2 Å². The molecule has 4 aliphatic rings. The van der Waals surface area contributed by atoms with E-state index in [2.05, 4.69) is 93.1 Å². The molecular weight excluding hydrogens is 675 g/mol. The Hall–Kier alpha value is -4.70. The van der Waals surface area contributed by atoms with Crippen molar-refractivity contribution < 1.29 is 19.0 Å². The lowest BCUT2D eigenvalue weighted by atomic mass is 9.59. The Morgan fingerprint density at radius 1 is 0.944 bits per heavy atom. The van der Waals surface area contributed by atoms with Crippen molar-refractivity contribution in [1.82, 2.24) is 19.8 Å². The van der Waals surface area contributed by atoms with Gasteiger partial charge in [0.15, 0.2) is 6.29 Å². The standard InChI is InChI=1S/C45H51N5O4/c1-31(2)40-5-3-4-6-41(40)42-27-48(26-32-7-11-37(12-8-32)53-39-29-52-30-39)19-20-50(42)36-23-45(24-36)14-17-49(18-15-45)35-10-9-34(28-51)43(22-35)54-38-21-33-13-16-46-44(33)47-25-38/h3-13,16,21-22,25,28,31,36,39,42H,14-15,17-20,23-24,26-27,29-30H2,1-2H3,(H,46,47). The van der Waals surface area contributed by atoms with Gasteiger partial charge in [0.2, 0.25) is 0 Å². The summed E-state index contributed by atoms with van der Waals surface area (Å²) in [6.07, 6.45) is 9.52. The van der Waals surface area contributed by atoms with Gasteiger partial charge in [-0.25, -0.2) is 4.98 Å². The number of hydrogen-bond acceptors (Lipinski definition) is 8.